The number of aliphatic hydroxyl groups is 6. The Bertz CT molecular complexity index is 1020. The minimum Gasteiger partial charge on any atom is -0.396 e. The van der Waals surface area contributed by atoms with Crippen LogP contribution < -0.4 is 0 Å². The van der Waals surface area contributed by atoms with Crippen LogP contribution in [0.25, 0.3) is 0 Å². The lowest BCUT2D eigenvalue weighted by Crippen LogP contribution is -2.67. The summed E-state index contributed by atoms with van der Waals surface area (Å²) >= 11 is 0. The zero-order valence-electron chi connectivity index (χ0n) is 28.7. The van der Waals surface area contributed by atoms with Crippen molar-refractivity contribution in [3.8, 4) is 0 Å². The number of rotatable bonds is 8. The molecule has 0 radical (unpaired) electrons. The van der Waals surface area contributed by atoms with Gasteiger partial charge in [-0.15, -0.1) is 0 Å². The highest BCUT2D eigenvalue weighted by atomic mass is 16.7. The quantitative estimate of drug-likeness (QED) is 0.215. The van der Waals surface area contributed by atoms with Crippen molar-refractivity contribution < 1.29 is 49.6 Å². The number of aliphatic hydroxyl groups excluding tert-OH is 5. The molecule has 0 aromatic carbocycles. The molecule has 6 aliphatic rings. The minimum absolute atomic E-state index is 0.0113. The SMILES string of the molecule is CCC(CCO)[C@H]1CC[C@]2(O)[C@@H]3CC[C@@H]4C[C@@H](O[C@H]5C[C@@H](O)C(O[C@H]6C[C@@H](O)C(O)C(C)O6)C(C)O5)CC[C@]4(C)[C@H]3C[C@@H](O)[C@]12C. The summed E-state index contributed by atoms with van der Waals surface area (Å²) in [5, 5.41) is 65.4. The maximum atomic E-state index is 12.6. The van der Waals surface area contributed by atoms with Crippen molar-refractivity contribution in [3.05, 3.63) is 0 Å². The van der Waals surface area contributed by atoms with Gasteiger partial charge < -0.3 is 49.6 Å². The second-order valence-corrected chi connectivity index (χ2v) is 16.5. The average molecular weight is 655 g/mol. The van der Waals surface area contributed by atoms with E-state index in [1.807, 2.05) is 6.92 Å². The fourth-order valence-corrected chi connectivity index (χ4v) is 11.7. The number of hydrogen-bond acceptors (Lipinski definition) is 10. The first kappa shape index (κ1) is 35.4. The Morgan fingerprint density at radius 1 is 0.804 bits per heavy atom. The van der Waals surface area contributed by atoms with E-state index in [1.54, 1.807) is 6.92 Å². The zero-order chi connectivity index (χ0) is 33.2. The van der Waals surface area contributed by atoms with E-state index in [4.69, 9.17) is 18.9 Å². The Labute approximate surface area is 275 Å². The third-order valence-corrected chi connectivity index (χ3v) is 14.5. The molecule has 2 aliphatic heterocycles. The van der Waals surface area contributed by atoms with Gasteiger partial charge in [-0.25, -0.2) is 0 Å². The second kappa shape index (κ2) is 13.4. The van der Waals surface area contributed by atoms with E-state index in [1.165, 1.54) is 0 Å². The number of hydrogen-bond donors (Lipinski definition) is 6. The summed E-state index contributed by atoms with van der Waals surface area (Å²) in [6.07, 6.45) is 2.99. The molecule has 2 heterocycles. The van der Waals surface area contributed by atoms with Gasteiger partial charge in [-0.2, -0.15) is 0 Å². The van der Waals surface area contributed by atoms with Crippen molar-refractivity contribution in [2.75, 3.05) is 6.61 Å². The van der Waals surface area contributed by atoms with E-state index >= 15 is 0 Å². The van der Waals surface area contributed by atoms with Crippen LogP contribution in [0.5, 0.6) is 0 Å². The molecule has 10 nitrogen and oxygen atoms in total. The third-order valence-electron chi connectivity index (χ3n) is 14.5. The van der Waals surface area contributed by atoms with Crippen LogP contribution in [-0.2, 0) is 18.9 Å². The Hall–Kier alpha value is -0.400. The Morgan fingerprint density at radius 2 is 1.50 bits per heavy atom. The number of fused-ring (bicyclic) bond motifs is 5. The van der Waals surface area contributed by atoms with Crippen molar-refractivity contribution in [2.24, 2.45) is 40.4 Å². The Morgan fingerprint density at radius 3 is 2.17 bits per heavy atom. The molecule has 4 saturated carbocycles. The summed E-state index contributed by atoms with van der Waals surface area (Å²) in [7, 11) is 0. The lowest BCUT2D eigenvalue weighted by atomic mass is 9.42. The van der Waals surface area contributed by atoms with E-state index < -0.39 is 66.3 Å². The van der Waals surface area contributed by atoms with Gasteiger partial charge in [0.15, 0.2) is 12.6 Å². The first-order valence-electron chi connectivity index (χ1n) is 18.4. The van der Waals surface area contributed by atoms with E-state index in [0.717, 1.165) is 64.2 Å². The summed E-state index contributed by atoms with van der Waals surface area (Å²) in [5.41, 5.74) is -1.42. The molecule has 266 valence electrons. The first-order valence-corrected chi connectivity index (χ1v) is 18.4. The summed E-state index contributed by atoms with van der Waals surface area (Å²) in [6, 6.07) is 0. The van der Waals surface area contributed by atoms with Gasteiger partial charge in [0.25, 0.3) is 0 Å². The van der Waals surface area contributed by atoms with Crippen molar-refractivity contribution in [1.82, 2.24) is 0 Å². The van der Waals surface area contributed by atoms with Crippen LogP contribution in [0.2, 0.25) is 0 Å². The summed E-state index contributed by atoms with van der Waals surface area (Å²) in [6.45, 7) is 10.4. The third kappa shape index (κ3) is 5.82. The standard InChI is InChI=1S/C36H62O10/c1-6-21(11-14-37)24-10-13-36(42)25-8-7-22-15-23(9-12-34(22,4)26(25)16-29(40)35(24,36)5)45-30-18-28(39)33(20(3)44-30)46-31-17-27(38)32(41)19(2)43-31/h19-33,37-42H,6-18H2,1-5H3/t19?,20?,21?,22-,23+,24-,25-,26+,27-,28-,29-,30+,31+,32?,33?,34+,35+,36+/m1/s1. The predicted molar refractivity (Wildman–Crippen MR) is 169 cm³/mol. The van der Waals surface area contributed by atoms with Crippen LogP contribution in [0, 0.1) is 40.4 Å². The molecule has 0 spiro atoms. The van der Waals surface area contributed by atoms with E-state index in [0.29, 0.717) is 11.8 Å². The largest absolute Gasteiger partial charge is 0.396 e. The van der Waals surface area contributed by atoms with Crippen molar-refractivity contribution in [1.29, 1.82) is 0 Å². The normalized spacial score (nSPS) is 54.8. The zero-order valence-corrected chi connectivity index (χ0v) is 28.7. The van der Waals surface area contributed by atoms with Crippen molar-refractivity contribution >= 4 is 0 Å². The van der Waals surface area contributed by atoms with Crippen LogP contribution in [0.1, 0.15) is 112 Å². The van der Waals surface area contributed by atoms with Crippen LogP contribution in [0.15, 0.2) is 0 Å². The molecule has 46 heavy (non-hydrogen) atoms. The molecule has 2 saturated heterocycles. The van der Waals surface area contributed by atoms with Gasteiger partial charge in [-0.1, -0.05) is 27.2 Å². The molecule has 0 amide bonds. The molecule has 4 aliphatic carbocycles. The molecular formula is C36H62O10. The molecule has 6 N–H and O–H groups in total. The average Bonchev–Trinajstić information content (AvgIpc) is 3.29. The molecule has 18 atom stereocenters. The van der Waals surface area contributed by atoms with Gasteiger partial charge in [-0.05, 0) is 107 Å². The van der Waals surface area contributed by atoms with Crippen LogP contribution in [-0.4, -0.2) is 104 Å². The molecule has 0 bridgehead atoms. The highest BCUT2D eigenvalue weighted by Crippen LogP contribution is 2.70. The summed E-state index contributed by atoms with van der Waals surface area (Å²) in [4.78, 5) is 0. The Kier molecular flexibility index (Phi) is 10.3. The molecule has 6 rings (SSSR count). The van der Waals surface area contributed by atoms with Crippen molar-refractivity contribution in [3.63, 3.8) is 0 Å². The molecule has 0 aromatic heterocycles. The van der Waals surface area contributed by atoms with Crippen LogP contribution >= 0.6 is 0 Å². The molecule has 10 heteroatoms. The molecule has 6 fully saturated rings. The summed E-state index contributed by atoms with van der Waals surface area (Å²) < 4.78 is 24.5. The second-order valence-electron chi connectivity index (χ2n) is 16.5. The van der Waals surface area contributed by atoms with Gasteiger partial charge in [0.2, 0.25) is 0 Å². The monoisotopic (exact) mass is 654 g/mol. The minimum atomic E-state index is -0.964. The molecule has 0 aromatic rings. The topological polar surface area (TPSA) is 158 Å². The van der Waals surface area contributed by atoms with E-state index in [2.05, 4.69) is 20.8 Å². The molecule has 5 unspecified atom stereocenters. The molecular weight excluding hydrogens is 592 g/mol. The fourth-order valence-electron chi connectivity index (χ4n) is 11.7. The fraction of sp³-hybridized carbons (Fsp3) is 1.00. The highest BCUT2D eigenvalue weighted by molar-refractivity contribution is 5.20. The van der Waals surface area contributed by atoms with Gasteiger partial charge in [0, 0.05) is 24.9 Å². The van der Waals surface area contributed by atoms with Crippen LogP contribution in [0.4, 0.5) is 0 Å². The lowest BCUT2D eigenvalue weighted by Gasteiger charge is -2.65. The van der Waals surface area contributed by atoms with Crippen LogP contribution in [0.3, 0.4) is 0 Å². The van der Waals surface area contributed by atoms with E-state index in [-0.39, 0.29) is 48.7 Å². The maximum absolute atomic E-state index is 12.6. The van der Waals surface area contributed by atoms with Gasteiger partial charge >= 0.3 is 0 Å². The highest BCUT2D eigenvalue weighted by Gasteiger charge is 2.70. The van der Waals surface area contributed by atoms with Gasteiger partial charge in [0.1, 0.15) is 12.2 Å². The van der Waals surface area contributed by atoms with Crippen molar-refractivity contribution in [2.45, 2.75) is 179 Å². The lowest BCUT2D eigenvalue weighted by molar-refractivity contribution is -0.318. The maximum Gasteiger partial charge on any atom is 0.161 e. The summed E-state index contributed by atoms with van der Waals surface area (Å²) in [5.74, 6) is 1.39. The van der Waals surface area contributed by atoms with E-state index in [9.17, 15) is 30.6 Å². The Balaban J connectivity index is 1.07. The predicted octanol–water partition coefficient (Wildman–Crippen LogP) is 3.26. The van der Waals surface area contributed by atoms with Gasteiger partial charge in [-0.3, -0.25) is 0 Å². The first-order chi connectivity index (χ1) is 21.8. The number of ether oxygens (including phenoxy) is 4. The smallest absolute Gasteiger partial charge is 0.161 e. The van der Waals surface area contributed by atoms with Gasteiger partial charge in [0.05, 0.1) is 42.2 Å².